The summed E-state index contributed by atoms with van der Waals surface area (Å²) in [6, 6.07) is 11.1. The van der Waals surface area contributed by atoms with E-state index in [1.54, 1.807) is 12.1 Å². The third-order valence-corrected chi connectivity index (χ3v) is 6.71. The summed E-state index contributed by atoms with van der Waals surface area (Å²) < 4.78 is 8.01. The lowest BCUT2D eigenvalue weighted by atomic mass is 10.2. The second-order valence-electron chi connectivity index (χ2n) is 8.25. The predicted octanol–water partition coefficient (Wildman–Crippen LogP) is 5.63. The number of halogens is 4. The van der Waals surface area contributed by atoms with E-state index in [-0.39, 0.29) is 0 Å². The van der Waals surface area contributed by atoms with Crippen LogP contribution in [0.15, 0.2) is 61.7 Å². The number of benzene rings is 2. The van der Waals surface area contributed by atoms with Gasteiger partial charge in [0.1, 0.15) is 13.1 Å². The molecule has 0 atom stereocenters. The van der Waals surface area contributed by atoms with Gasteiger partial charge >= 0.3 is 0 Å². The van der Waals surface area contributed by atoms with Gasteiger partial charge in [-0.1, -0.05) is 71.4 Å². The van der Waals surface area contributed by atoms with Crippen LogP contribution in [-0.4, -0.2) is 19.6 Å². The van der Waals surface area contributed by atoms with Gasteiger partial charge in [-0.15, -0.1) is 9.36 Å². The van der Waals surface area contributed by atoms with Gasteiger partial charge in [0.2, 0.25) is 12.7 Å². The predicted molar refractivity (Wildman–Crippen MR) is 134 cm³/mol. The molecule has 0 unspecified atom stereocenters. The van der Waals surface area contributed by atoms with Crippen LogP contribution in [-0.2, 0) is 26.2 Å². The van der Waals surface area contributed by atoms with Crippen LogP contribution in [0.1, 0.15) is 36.8 Å². The fourth-order valence-corrected chi connectivity index (χ4v) is 4.65. The van der Waals surface area contributed by atoms with Crippen LogP contribution in [0.25, 0.3) is 0 Å². The summed E-state index contributed by atoms with van der Waals surface area (Å²) in [4.78, 5) is 0. The van der Waals surface area contributed by atoms with Gasteiger partial charge in [-0.3, -0.25) is 0 Å². The van der Waals surface area contributed by atoms with Crippen molar-refractivity contribution in [1.82, 2.24) is 19.6 Å². The van der Waals surface area contributed by atoms with Gasteiger partial charge in [-0.2, -0.15) is 0 Å². The Balaban J connectivity index is 1.14. The molecule has 0 fully saturated rings. The Labute approximate surface area is 219 Å². The minimum atomic E-state index is 0.623. The molecule has 2 aromatic carbocycles. The van der Waals surface area contributed by atoms with E-state index in [0.717, 1.165) is 49.9 Å². The molecule has 6 nitrogen and oxygen atoms in total. The maximum absolute atomic E-state index is 6.26. The molecule has 2 aromatic heterocycles. The van der Waals surface area contributed by atoms with Gasteiger partial charge in [-0.05, 0) is 37.1 Å². The second-order valence-corrected chi connectivity index (χ2v) is 9.94. The van der Waals surface area contributed by atoms with Gasteiger partial charge in [-0.25, -0.2) is 9.13 Å². The minimum absolute atomic E-state index is 0.623. The Morgan fingerprint density at radius 2 is 1.06 bits per heavy atom. The zero-order chi connectivity index (χ0) is 23.9. The Kier molecular flexibility index (Phi) is 8.84. The van der Waals surface area contributed by atoms with Gasteiger partial charge < -0.3 is 0 Å². The zero-order valence-electron chi connectivity index (χ0n) is 18.6. The van der Waals surface area contributed by atoms with Crippen molar-refractivity contribution in [2.75, 3.05) is 0 Å². The van der Waals surface area contributed by atoms with Crippen LogP contribution >= 0.6 is 46.4 Å². The fourth-order valence-electron chi connectivity index (χ4n) is 3.71. The average Bonchev–Trinajstić information content (AvgIpc) is 3.44. The van der Waals surface area contributed by atoms with Crippen LogP contribution < -0.4 is 9.13 Å². The average molecular weight is 540 g/mol. The molecular formula is C24H26Cl4N6+2. The highest BCUT2D eigenvalue weighted by Crippen LogP contribution is 2.22. The summed E-state index contributed by atoms with van der Waals surface area (Å²) in [5.74, 6) is 0. The Morgan fingerprint density at radius 3 is 1.47 bits per heavy atom. The first-order valence-electron chi connectivity index (χ1n) is 11.2. The van der Waals surface area contributed by atoms with Crippen LogP contribution in [0.5, 0.6) is 0 Å². The van der Waals surface area contributed by atoms with E-state index in [0.29, 0.717) is 33.2 Å². The number of unbranched alkanes of at least 4 members (excludes halogenated alkanes) is 3. The van der Waals surface area contributed by atoms with E-state index in [4.69, 9.17) is 46.4 Å². The molecule has 0 N–H and O–H groups in total. The molecule has 178 valence electrons. The molecule has 0 aliphatic carbocycles. The molecule has 0 bridgehead atoms. The molecule has 34 heavy (non-hydrogen) atoms. The fraction of sp³-hybridized carbons (Fsp3) is 0.333. The Morgan fingerprint density at radius 1 is 0.618 bits per heavy atom. The molecule has 0 radical (unpaired) electrons. The van der Waals surface area contributed by atoms with Crippen molar-refractivity contribution in [3.8, 4) is 0 Å². The first-order valence-corrected chi connectivity index (χ1v) is 12.7. The maximum atomic E-state index is 6.26. The summed E-state index contributed by atoms with van der Waals surface area (Å²) in [5, 5.41) is 11.5. The lowest BCUT2D eigenvalue weighted by molar-refractivity contribution is -0.699. The molecule has 0 saturated carbocycles. The SMILES string of the molecule is Clc1ccc(Cn2c[n+](CCCCCC[n+]3cnn(Cc4ccc(Cl)cc4Cl)c3)cn2)c(Cl)c1. The van der Waals surface area contributed by atoms with E-state index in [1.807, 2.05) is 58.9 Å². The van der Waals surface area contributed by atoms with Gasteiger partial charge in [0.05, 0.1) is 13.1 Å². The molecule has 0 aliphatic rings. The zero-order valence-corrected chi connectivity index (χ0v) is 21.6. The standard InChI is InChI=1S/C24H26Cl4N6/c25-21-7-5-19(23(27)11-21)13-33-17-31(15-29-33)9-3-1-2-4-10-32-16-30-34(18-32)14-20-6-8-22(26)12-24(20)28/h5-8,11-12,15-18H,1-4,9-10,13-14H2/q+2. The molecule has 0 aliphatic heterocycles. The Bertz CT molecular complexity index is 1140. The van der Waals surface area contributed by atoms with Gasteiger partial charge in [0.15, 0.2) is 0 Å². The van der Waals surface area contributed by atoms with E-state index in [2.05, 4.69) is 19.3 Å². The van der Waals surface area contributed by atoms with Crippen LogP contribution in [0.4, 0.5) is 0 Å². The van der Waals surface area contributed by atoms with Crippen molar-refractivity contribution in [3.63, 3.8) is 0 Å². The number of aryl methyl sites for hydroxylation is 2. The largest absolute Gasteiger partial charge is 0.265 e. The first kappa shape index (κ1) is 25.0. The topological polar surface area (TPSA) is 43.4 Å². The second kappa shape index (κ2) is 12.0. The quantitative estimate of drug-likeness (QED) is 0.183. The van der Waals surface area contributed by atoms with Crippen molar-refractivity contribution >= 4 is 46.4 Å². The molecular weight excluding hydrogens is 514 g/mol. The summed E-state index contributed by atoms with van der Waals surface area (Å²) >= 11 is 24.5. The minimum Gasteiger partial charge on any atom is -0.237 e. The number of nitrogens with zero attached hydrogens (tertiary/aromatic N) is 6. The lowest BCUT2D eigenvalue weighted by Gasteiger charge is -2.01. The van der Waals surface area contributed by atoms with E-state index in [9.17, 15) is 0 Å². The first-order chi connectivity index (χ1) is 16.5. The molecule has 0 spiro atoms. The highest BCUT2D eigenvalue weighted by Gasteiger charge is 2.11. The summed E-state index contributed by atoms with van der Waals surface area (Å²) in [6.07, 6.45) is 12.3. The van der Waals surface area contributed by atoms with Crippen LogP contribution in [0.2, 0.25) is 20.1 Å². The Hall–Kier alpha value is -2.12. The molecule has 0 saturated heterocycles. The van der Waals surface area contributed by atoms with Crippen LogP contribution in [0, 0.1) is 0 Å². The highest BCUT2D eigenvalue weighted by atomic mass is 35.5. The molecule has 4 aromatic rings. The number of hydrogen-bond acceptors (Lipinski definition) is 2. The van der Waals surface area contributed by atoms with Crippen molar-refractivity contribution in [2.24, 2.45) is 0 Å². The monoisotopic (exact) mass is 538 g/mol. The highest BCUT2D eigenvalue weighted by molar-refractivity contribution is 6.35. The third kappa shape index (κ3) is 7.19. The number of aromatic nitrogens is 6. The maximum Gasteiger partial charge on any atom is 0.265 e. The molecule has 0 amide bonds. The summed E-state index contributed by atoms with van der Waals surface area (Å²) in [6.45, 7) is 3.14. The van der Waals surface area contributed by atoms with Crippen molar-refractivity contribution in [2.45, 2.75) is 51.9 Å². The molecule has 4 rings (SSSR count). The summed E-state index contributed by atoms with van der Waals surface area (Å²) in [5.41, 5.74) is 2.00. The van der Waals surface area contributed by atoms with E-state index >= 15 is 0 Å². The number of rotatable bonds is 11. The molecule has 10 heteroatoms. The van der Waals surface area contributed by atoms with E-state index in [1.165, 1.54) is 0 Å². The normalized spacial score (nSPS) is 11.3. The smallest absolute Gasteiger partial charge is 0.237 e. The lowest BCUT2D eigenvalue weighted by Crippen LogP contribution is -2.31. The van der Waals surface area contributed by atoms with Gasteiger partial charge in [0.25, 0.3) is 12.7 Å². The van der Waals surface area contributed by atoms with Crippen LogP contribution in [0.3, 0.4) is 0 Å². The third-order valence-electron chi connectivity index (χ3n) is 5.54. The van der Waals surface area contributed by atoms with Crippen molar-refractivity contribution in [3.05, 3.63) is 92.9 Å². The van der Waals surface area contributed by atoms with E-state index < -0.39 is 0 Å². The van der Waals surface area contributed by atoms with Crippen molar-refractivity contribution in [1.29, 1.82) is 0 Å². The van der Waals surface area contributed by atoms with Crippen molar-refractivity contribution < 1.29 is 9.13 Å². The summed E-state index contributed by atoms with van der Waals surface area (Å²) in [7, 11) is 0. The van der Waals surface area contributed by atoms with Gasteiger partial charge in [0, 0.05) is 41.4 Å². The molecule has 2 heterocycles. The number of hydrogen-bond donors (Lipinski definition) is 0.